The summed E-state index contributed by atoms with van der Waals surface area (Å²) in [6.45, 7) is 7.47. The van der Waals surface area contributed by atoms with Gasteiger partial charge in [-0.1, -0.05) is 6.07 Å². The van der Waals surface area contributed by atoms with Gasteiger partial charge in [0.1, 0.15) is 23.4 Å². The molecule has 0 radical (unpaired) electrons. The predicted octanol–water partition coefficient (Wildman–Crippen LogP) is 1.97. The Balaban J connectivity index is 1.46. The van der Waals surface area contributed by atoms with Crippen LogP contribution < -0.4 is 25.0 Å². The molecule has 168 valence electrons. The summed E-state index contributed by atoms with van der Waals surface area (Å²) in [5.41, 5.74) is 1.17. The van der Waals surface area contributed by atoms with Crippen LogP contribution in [0.25, 0.3) is 0 Å². The number of ether oxygens (including phenoxy) is 2. The molecule has 0 spiro atoms. The second-order valence-corrected chi connectivity index (χ2v) is 7.73. The Labute approximate surface area is 185 Å². The summed E-state index contributed by atoms with van der Waals surface area (Å²) in [4.78, 5) is 13.6. The van der Waals surface area contributed by atoms with Gasteiger partial charge in [-0.25, -0.2) is 4.98 Å². The second kappa shape index (κ2) is 11.4. The van der Waals surface area contributed by atoms with Gasteiger partial charge in [0.05, 0.1) is 13.7 Å². The SMILES string of the molecule is CN=C(NCc1ccnc(N2CCN(C)CC2)c1)NCC(C)Oc1cccc(OC)c1. The molecule has 1 atom stereocenters. The molecule has 8 heteroatoms. The Hall–Kier alpha value is -3.00. The quantitative estimate of drug-likeness (QED) is 0.494. The average molecular weight is 427 g/mol. The Bertz CT molecular complexity index is 851. The van der Waals surface area contributed by atoms with Crippen LogP contribution in [0.2, 0.25) is 0 Å². The Morgan fingerprint density at radius 2 is 1.90 bits per heavy atom. The molecule has 0 amide bonds. The number of rotatable bonds is 8. The van der Waals surface area contributed by atoms with Crippen molar-refractivity contribution in [2.45, 2.75) is 19.6 Å². The molecule has 3 rings (SSSR count). The van der Waals surface area contributed by atoms with E-state index >= 15 is 0 Å². The zero-order valence-electron chi connectivity index (χ0n) is 19.0. The summed E-state index contributed by atoms with van der Waals surface area (Å²) in [7, 11) is 5.58. The minimum atomic E-state index is -0.0320. The lowest BCUT2D eigenvalue weighted by Crippen LogP contribution is -2.44. The molecule has 1 fully saturated rings. The van der Waals surface area contributed by atoms with Crippen molar-refractivity contribution in [1.29, 1.82) is 0 Å². The molecule has 0 aliphatic carbocycles. The van der Waals surface area contributed by atoms with E-state index in [1.165, 1.54) is 5.56 Å². The van der Waals surface area contributed by atoms with Crippen LogP contribution in [0.5, 0.6) is 11.5 Å². The van der Waals surface area contributed by atoms with Crippen molar-refractivity contribution >= 4 is 11.8 Å². The van der Waals surface area contributed by atoms with Crippen LogP contribution in [0, 0.1) is 0 Å². The molecule has 1 unspecified atom stereocenters. The highest BCUT2D eigenvalue weighted by atomic mass is 16.5. The van der Waals surface area contributed by atoms with Crippen LogP contribution in [0.15, 0.2) is 47.6 Å². The van der Waals surface area contributed by atoms with Crippen molar-refractivity contribution in [2.75, 3.05) is 58.8 Å². The van der Waals surface area contributed by atoms with E-state index in [1.807, 2.05) is 43.5 Å². The van der Waals surface area contributed by atoms with Crippen molar-refractivity contribution in [3.05, 3.63) is 48.2 Å². The van der Waals surface area contributed by atoms with Gasteiger partial charge < -0.3 is 29.9 Å². The van der Waals surface area contributed by atoms with Crippen LogP contribution >= 0.6 is 0 Å². The van der Waals surface area contributed by atoms with Crippen LogP contribution in [0.1, 0.15) is 12.5 Å². The maximum atomic E-state index is 5.96. The summed E-state index contributed by atoms with van der Waals surface area (Å²) < 4.78 is 11.2. The minimum absolute atomic E-state index is 0.0320. The Morgan fingerprint density at radius 3 is 2.65 bits per heavy atom. The van der Waals surface area contributed by atoms with E-state index in [-0.39, 0.29) is 6.10 Å². The van der Waals surface area contributed by atoms with Gasteiger partial charge in [-0.2, -0.15) is 0 Å². The maximum absolute atomic E-state index is 5.96. The second-order valence-electron chi connectivity index (χ2n) is 7.73. The zero-order chi connectivity index (χ0) is 22.1. The highest BCUT2D eigenvalue weighted by molar-refractivity contribution is 5.79. The molecule has 2 N–H and O–H groups in total. The highest BCUT2D eigenvalue weighted by Gasteiger charge is 2.15. The zero-order valence-corrected chi connectivity index (χ0v) is 19.0. The smallest absolute Gasteiger partial charge is 0.191 e. The first-order valence-corrected chi connectivity index (χ1v) is 10.7. The van der Waals surface area contributed by atoms with Gasteiger partial charge in [0.2, 0.25) is 0 Å². The molecule has 0 saturated carbocycles. The number of pyridine rings is 1. The molecule has 0 bridgehead atoms. The van der Waals surface area contributed by atoms with Gasteiger partial charge in [-0.3, -0.25) is 4.99 Å². The fourth-order valence-corrected chi connectivity index (χ4v) is 3.37. The van der Waals surface area contributed by atoms with E-state index in [2.05, 4.69) is 43.5 Å². The number of benzene rings is 1. The van der Waals surface area contributed by atoms with Gasteiger partial charge in [0.15, 0.2) is 5.96 Å². The molecular formula is C23H34N6O2. The first kappa shape index (κ1) is 22.7. The van der Waals surface area contributed by atoms with Gasteiger partial charge in [-0.05, 0) is 43.8 Å². The van der Waals surface area contributed by atoms with Gasteiger partial charge in [-0.15, -0.1) is 0 Å². The molecule has 1 aromatic heterocycles. The van der Waals surface area contributed by atoms with E-state index < -0.39 is 0 Å². The fourth-order valence-electron chi connectivity index (χ4n) is 3.37. The van der Waals surface area contributed by atoms with Crippen LogP contribution in [0.4, 0.5) is 5.82 Å². The minimum Gasteiger partial charge on any atom is -0.497 e. The summed E-state index contributed by atoms with van der Waals surface area (Å²) in [6.07, 6.45) is 1.85. The van der Waals surface area contributed by atoms with Gasteiger partial charge in [0, 0.05) is 52.0 Å². The fraction of sp³-hybridized carbons (Fsp3) is 0.478. The molecule has 31 heavy (non-hydrogen) atoms. The molecule has 1 aliphatic heterocycles. The van der Waals surface area contributed by atoms with Crippen LogP contribution in [-0.4, -0.2) is 75.9 Å². The number of anilines is 1. The highest BCUT2D eigenvalue weighted by Crippen LogP contribution is 2.19. The number of guanidine groups is 1. The number of aromatic nitrogens is 1. The third-order valence-electron chi connectivity index (χ3n) is 5.26. The first-order valence-electron chi connectivity index (χ1n) is 10.7. The Morgan fingerprint density at radius 1 is 1.13 bits per heavy atom. The number of nitrogens with zero attached hydrogens (tertiary/aromatic N) is 4. The number of hydrogen-bond acceptors (Lipinski definition) is 6. The van der Waals surface area contributed by atoms with Crippen molar-refractivity contribution < 1.29 is 9.47 Å². The third kappa shape index (κ3) is 7.03. The van der Waals surface area contributed by atoms with Crippen molar-refractivity contribution in [2.24, 2.45) is 4.99 Å². The molecule has 2 heterocycles. The largest absolute Gasteiger partial charge is 0.497 e. The summed E-state index contributed by atoms with van der Waals surface area (Å²) in [5, 5.41) is 6.69. The van der Waals surface area contributed by atoms with E-state index in [0.29, 0.717) is 13.1 Å². The summed E-state index contributed by atoms with van der Waals surface area (Å²) in [6, 6.07) is 11.8. The number of hydrogen-bond donors (Lipinski definition) is 2. The predicted molar refractivity (Wildman–Crippen MR) is 125 cm³/mol. The molecule has 1 aliphatic rings. The maximum Gasteiger partial charge on any atom is 0.191 e. The number of nitrogens with one attached hydrogen (secondary N) is 2. The summed E-state index contributed by atoms with van der Waals surface area (Å²) in [5.74, 6) is 3.34. The monoisotopic (exact) mass is 426 g/mol. The van der Waals surface area contributed by atoms with Crippen molar-refractivity contribution in [1.82, 2.24) is 20.5 Å². The number of likely N-dealkylation sites (N-methyl/N-ethyl adjacent to an activating group) is 1. The molecule has 1 saturated heterocycles. The standard InChI is InChI=1S/C23H34N6O2/c1-18(31-21-7-5-6-20(15-21)30-4)16-26-23(24-2)27-17-19-8-9-25-22(14-19)29-12-10-28(3)11-13-29/h5-9,14-15,18H,10-13,16-17H2,1-4H3,(H2,24,26,27). The average Bonchev–Trinajstić information content (AvgIpc) is 2.80. The molecule has 8 nitrogen and oxygen atoms in total. The van der Waals surface area contributed by atoms with Crippen LogP contribution in [-0.2, 0) is 6.54 Å². The lowest BCUT2D eigenvalue weighted by molar-refractivity contribution is 0.223. The van der Waals surface area contributed by atoms with E-state index in [4.69, 9.17) is 9.47 Å². The van der Waals surface area contributed by atoms with E-state index in [9.17, 15) is 0 Å². The van der Waals surface area contributed by atoms with Gasteiger partial charge in [0.25, 0.3) is 0 Å². The molecule has 2 aromatic rings. The third-order valence-corrected chi connectivity index (χ3v) is 5.26. The van der Waals surface area contributed by atoms with Gasteiger partial charge >= 0.3 is 0 Å². The molecule has 1 aromatic carbocycles. The number of methoxy groups -OCH3 is 1. The van der Waals surface area contributed by atoms with Crippen LogP contribution in [0.3, 0.4) is 0 Å². The molecular weight excluding hydrogens is 392 g/mol. The summed E-state index contributed by atoms with van der Waals surface area (Å²) >= 11 is 0. The van der Waals surface area contributed by atoms with E-state index in [1.54, 1.807) is 14.2 Å². The topological polar surface area (TPSA) is 74.3 Å². The lowest BCUT2D eigenvalue weighted by atomic mass is 10.2. The first-order chi connectivity index (χ1) is 15.1. The normalized spacial score (nSPS) is 16.0. The lowest BCUT2D eigenvalue weighted by Gasteiger charge is -2.33. The number of aliphatic imine (C=N–C) groups is 1. The van der Waals surface area contributed by atoms with Crippen molar-refractivity contribution in [3.8, 4) is 11.5 Å². The van der Waals surface area contributed by atoms with Crippen molar-refractivity contribution in [3.63, 3.8) is 0 Å². The number of piperazine rings is 1. The van der Waals surface area contributed by atoms with E-state index in [0.717, 1.165) is 49.5 Å². The Kier molecular flexibility index (Phi) is 8.35.